The number of urea groups is 1. The highest BCUT2D eigenvalue weighted by molar-refractivity contribution is 6.30. The van der Waals surface area contributed by atoms with Crippen LogP contribution in [0, 0.1) is 11.8 Å². The van der Waals surface area contributed by atoms with Gasteiger partial charge in [-0.15, -0.1) is 0 Å². The van der Waals surface area contributed by atoms with Crippen LogP contribution in [0.4, 0.5) is 19.3 Å². The molecule has 1 aromatic carbocycles. The molecule has 24 heavy (non-hydrogen) atoms. The maximum atomic E-state index is 12.5. The number of aliphatic carboxylic acids is 1. The van der Waals surface area contributed by atoms with Gasteiger partial charge in [-0.3, -0.25) is 4.79 Å². The first-order chi connectivity index (χ1) is 11.3. The van der Waals surface area contributed by atoms with Crippen molar-refractivity contribution in [3.8, 4) is 5.75 Å². The first-order valence-electron chi connectivity index (χ1n) is 7.29. The monoisotopic (exact) mass is 362 g/mol. The second-order valence-electron chi connectivity index (χ2n) is 5.73. The number of carboxylic acid groups (broad SMARTS) is 1. The Labute approximate surface area is 142 Å². The summed E-state index contributed by atoms with van der Waals surface area (Å²) < 4.78 is 29.3. The molecule has 2 atom stereocenters. The number of hydrogen-bond acceptors (Lipinski definition) is 3. The third-order valence-electron chi connectivity index (χ3n) is 3.70. The van der Waals surface area contributed by atoms with E-state index in [0.717, 1.165) is 0 Å². The molecule has 1 fully saturated rings. The molecule has 0 aliphatic carbocycles. The number of nitrogens with one attached hydrogen (secondary N) is 1. The van der Waals surface area contributed by atoms with E-state index < -0.39 is 24.5 Å². The fraction of sp³-hybridized carbons (Fsp3) is 0.467. The molecule has 1 aromatic rings. The highest BCUT2D eigenvalue weighted by Gasteiger charge is 2.32. The Kier molecular flexibility index (Phi) is 5.82. The summed E-state index contributed by atoms with van der Waals surface area (Å²) in [7, 11) is 0. The Morgan fingerprint density at radius 3 is 2.75 bits per heavy atom. The molecule has 1 aliphatic rings. The number of benzene rings is 1. The van der Waals surface area contributed by atoms with Gasteiger partial charge in [0.25, 0.3) is 0 Å². The Balaban J connectivity index is 2.12. The third kappa shape index (κ3) is 4.70. The molecule has 1 saturated heterocycles. The van der Waals surface area contributed by atoms with Gasteiger partial charge in [0.2, 0.25) is 0 Å². The predicted octanol–water partition coefficient (Wildman–Crippen LogP) is 3.52. The quantitative estimate of drug-likeness (QED) is 0.859. The minimum atomic E-state index is -3.06. The van der Waals surface area contributed by atoms with Crippen molar-refractivity contribution < 1.29 is 28.2 Å². The summed E-state index contributed by atoms with van der Waals surface area (Å²) >= 11 is 5.75. The molecule has 2 amide bonds. The molecule has 1 aliphatic heterocycles. The van der Waals surface area contributed by atoms with Crippen molar-refractivity contribution in [2.75, 3.05) is 18.4 Å². The van der Waals surface area contributed by atoms with Crippen molar-refractivity contribution >= 4 is 29.3 Å². The standard InChI is InChI=1S/C15H17ClF2N2O4/c1-8-4-9(13(21)22)7-20(6-8)15(23)19-11-3-2-10(16)5-12(11)24-14(17)18/h2-3,5,8-9,14H,4,6-7H2,1H3,(H,19,23)(H,21,22). The van der Waals surface area contributed by atoms with Crippen LogP contribution in [0.25, 0.3) is 0 Å². The summed E-state index contributed by atoms with van der Waals surface area (Å²) in [5, 5.41) is 11.8. The number of anilines is 1. The number of carboxylic acids is 1. The number of likely N-dealkylation sites (tertiary alicyclic amines) is 1. The number of rotatable bonds is 4. The number of amides is 2. The van der Waals surface area contributed by atoms with Crippen LogP contribution < -0.4 is 10.1 Å². The number of ether oxygens (including phenoxy) is 1. The fourth-order valence-corrected chi connectivity index (χ4v) is 2.85. The second-order valence-corrected chi connectivity index (χ2v) is 6.17. The van der Waals surface area contributed by atoms with Crippen molar-refractivity contribution in [1.82, 2.24) is 4.90 Å². The average Bonchev–Trinajstić information content (AvgIpc) is 2.48. The normalized spacial score (nSPS) is 20.8. The van der Waals surface area contributed by atoms with Crippen LogP contribution in [0.15, 0.2) is 18.2 Å². The summed E-state index contributed by atoms with van der Waals surface area (Å²) in [4.78, 5) is 24.9. The molecule has 2 unspecified atom stereocenters. The Bertz CT molecular complexity index is 629. The van der Waals surface area contributed by atoms with Gasteiger partial charge in [0.15, 0.2) is 5.75 Å². The number of alkyl halides is 2. The lowest BCUT2D eigenvalue weighted by atomic mass is 9.91. The fourth-order valence-electron chi connectivity index (χ4n) is 2.68. The lowest BCUT2D eigenvalue weighted by Crippen LogP contribution is -2.47. The molecular formula is C15H17ClF2N2O4. The molecule has 9 heteroatoms. The van der Waals surface area contributed by atoms with Crippen molar-refractivity contribution in [2.24, 2.45) is 11.8 Å². The highest BCUT2D eigenvalue weighted by atomic mass is 35.5. The van der Waals surface area contributed by atoms with E-state index in [1.807, 2.05) is 6.92 Å². The minimum Gasteiger partial charge on any atom is -0.481 e. The molecule has 0 bridgehead atoms. The van der Waals surface area contributed by atoms with E-state index in [1.165, 1.54) is 23.1 Å². The van der Waals surface area contributed by atoms with Gasteiger partial charge in [0.05, 0.1) is 11.6 Å². The SMILES string of the molecule is CC1CC(C(=O)O)CN(C(=O)Nc2ccc(Cl)cc2OC(F)F)C1. The van der Waals surface area contributed by atoms with Crippen LogP contribution in [-0.2, 0) is 4.79 Å². The zero-order valence-electron chi connectivity index (χ0n) is 12.8. The smallest absolute Gasteiger partial charge is 0.387 e. The number of piperidine rings is 1. The van der Waals surface area contributed by atoms with Gasteiger partial charge in [-0.2, -0.15) is 8.78 Å². The van der Waals surface area contributed by atoms with Crippen LogP contribution in [0.5, 0.6) is 5.75 Å². The first-order valence-corrected chi connectivity index (χ1v) is 7.67. The zero-order valence-corrected chi connectivity index (χ0v) is 13.6. The van der Waals surface area contributed by atoms with Gasteiger partial charge in [0.1, 0.15) is 0 Å². The van der Waals surface area contributed by atoms with Gasteiger partial charge in [-0.1, -0.05) is 18.5 Å². The number of carbonyl (C=O) groups is 2. The predicted molar refractivity (Wildman–Crippen MR) is 83.6 cm³/mol. The van der Waals surface area contributed by atoms with Crippen LogP contribution in [0.2, 0.25) is 5.02 Å². The van der Waals surface area contributed by atoms with E-state index >= 15 is 0 Å². The van der Waals surface area contributed by atoms with Gasteiger partial charge < -0.3 is 20.1 Å². The molecule has 1 heterocycles. The van der Waals surface area contributed by atoms with Crippen LogP contribution in [-0.4, -0.2) is 41.7 Å². The summed E-state index contributed by atoms with van der Waals surface area (Å²) in [5.41, 5.74) is 0.0369. The van der Waals surface area contributed by atoms with Crippen molar-refractivity contribution in [2.45, 2.75) is 20.0 Å². The van der Waals surface area contributed by atoms with E-state index in [-0.39, 0.29) is 28.9 Å². The van der Waals surface area contributed by atoms with Crippen LogP contribution >= 0.6 is 11.6 Å². The molecule has 2 N–H and O–H groups in total. The molecular weight excluding hydrogens is 346 g/mol. The van der Waals surface area contributed by atoms with Crippen molar-refractivity contribution in [1.29, 1.82) is 0 Å². The molecule has 6 nitrogen and oxygen atoms in total. The molecule has 0 radical (unpaired) electrons. The summed E-state index contributed by atoms with van der Waals surface area (Å²) in [6, 6.07) is 3.37. The Morgan fingerprint density at radius 1 is 1.42 bits per heavy atom. The number of halogens is 3. The second kappa shape index (κ2) is 7.65. The Morgan fingerprint density at radius 2 is 2.12 bits per heavy atom. The van der Waals surface area contributed by atoms with Gasteiger partial charge in [-0.05, 0) is 24.5 Å². The summed E-state index contributed by atoms with van der Waals surface area (Å²) in [6.07, 6.45) is 0.486. The van der Waals surface area contributed by atoms with Crippen molar-refractivity contribution in [3.05, 3.63) is 23.2 Å². The van der Waals surface area contributed by atoms with Gasteiger partial charge >= 0.3 is 18.6 Å². The zero-order chi connectivity index (χ0) is 17.9. The minimum absolute atomic E-state index is 0.0209. The van der Waals surface area contributed by atoms with Gasteiger partial charge in [0, 0.05) is 24.2 Å². The number of nitrogens with zero attached hydrogens (tertiary/aromatic N) is 1. The van der Waals surface area contributed by atoms with E-state index in [2.05, 4.69) is 10.1 Å². The lowest BCUT2D eigenvalue weighted by molar-refractivity contribution is -0.143. The number of carbonyl (C=O) groups excluding carboxylic acids is 1. The number of hydrogen-bond donors (Lipinski definition) is 2. The molecule has 0 aromatic heterocycles. The summed E-state index contributed by atoms with van der Waals surface area (Å²) in [5.74, 6) is -1.85. The summed E-state index contributed by atoms with van der Waals surface area (Å²) in [6.45, 7) is -0.771. The third-order valence-corrected chi connectivity index (χ3v) is 3.93. The maximum absolute atomic E-state index is 12.5. The maximum Gasteiger partial charge on any atom is 0.387 e. The first kappa shape index (κ1) is 18.3. The molecule has 0 saturated carbocycles. The molecule has 0 spiro atoms. The topological polar surface area (TPSA) is 78.9 Å². The molecule has 2 rings (SSSR count). The van der Waals surface area contributed by atoms with E-state index in [9.17, 15) is 18.4 Å². The van der Waals surface area contributed by atoms with Crippen molar-refractivity contribution in [3.63, 3.8) is 0 Å². The van der Waals surface area contributed by atoms with E-state index in [0.29, 0.717) is 13.0 Å². The van der Waals surface area contributed by atoms with Gasteiger partial charge in [-0.25, -0.2) is 4.79 Å². The largest absolute Gasteiger partial charge is 0.481 e. The van der Waals surface area contributed by atoms with Crippen LogP contribution in [0.1, 0.15) is 13.3 Å². The highest BCUT2D eigenvalue weighted by Crippen LogP contribution is 2.30. The lowest BCUT2D eigenvalue weighted by Gasteiger charge is -2.34. The Hall–Kier alpha value is -2.09. The average molecular weight is 363 g/mol. The molecule has 132 valence electrons. The van der Waals surface area contributed by atoms with E-state index in [4.69, 9.17) is 16.7 Å². The van der Waals surface area contributed by atoms with E-state index in [1.54, 1.807) is 0 Å². The van der Waals surface area contributed by atoms with Crippen LogP contribution in [0.3, 0.4) is 0 Å².